The summed E-state index contributed by atoms with van der Waals surface area (Å²) in [4.78, 5) is 4.26. The molecule has 1 atom stereocenters. The molecule has 106 valence electrons. The van der Waals surface area contributed by atoms with Crippen LogP contribution in [-0.4, -0.2) is 11.5 Å². The lowest BCUT2D eigenvalue weighted by Gasteiger charge is -2.21. The largest absolute Gasteiger partial charge is 0.310 e. The number of nitrogens with zero attached hydrogens (tertiary/aromatic N) is 1. The molecule has 0 radical (unpaired) electrons. The highest BCUT2D eigenvalue weighted by molar-refractivity contribution is 9.10. The van der Waals surface area contributed by atoms with Gasteiger partial charge >= 0.3 is 0 Å². The molecule has 2 rings (SSSR count). The van der Waals surface area contributed by atoms with Gasteiger partial charge in [-0.2, -0.15) is 0 Å². The van der Waals surface area contributed by atoms with E-state index in [1.807, 2.05) is 12.4 Å². The van der Waals surface area contributed by atoms with E-state index >= 15 is 0 Å². The predicted molar refractivity (Wildman–Crippen MR) is 88.0 cm³/mol. The predicted octanol–water partition coefficient (Wildman–Crippen LogP) is 4.35. The van der Waals surface area contributed by atoms with Gasteiger partial charge in [0, 0.05) is 22.9 Å². The molecular formula is C17H21BrN2. The minimum Gasteiger partial charge on any atom is -0.310 e. The molecule has 0 saturated heterocycles. The molecule has 0 spiro atoms. The topological polar surface area (TPSA) is 24.9 Å². The maximum absolute atomic E-state index is 4.26. The van der Waals surface area contributed by atoms with Crippen molar-refractivity contribution in [3.8, 4) is 0 Å². The van der Waals surface area contributed by atoms with Crippen LogP contribution in [0.1, 0.15) is 35.2 Å². The SMILES string of the molecule is CCNC(Cc1cncc(Br)c1)c1cccc(C)c1C. The van der Waals surface area contributed by atoms with Gasteiger partial charge in [-0.3, -0.25) is 4.98 Å². The average molecular weight is 333 g/mol. The van der Waals surface area contributed by atoms with Crippen LogP contribution in [-0.2, 0) is 6.42 Å². The molecule has 0 aliphatic carbocycles. The number of aromatic nitrogens is 1. The van der Waals surface area contributed by atoms with E-state index in [2.05, 4.69) is 71.3 Å². The Morgan fingerprint density at radius 1 is 1.25 bits per heavy atom. The first kappa shape index (κ1) is 15.2. The zero-order chi connectivity index (χ0) is 14.5. The lowest BCUT2D eigenvalue weighted by molar-refractivity contribution is 0.546. The van der Waals surface area contributed by atoms with Gasteiger partial charge in [0.2, 0.25) is 0 Å². The van der Waals surface area contributed by atoms with Crippen molar-refractivity contribution in [2.75, 3.05) is 6.54 Å². The molecule has 1 unspecified atom stereocenters. The molecule has 2 aromatic rings. The van der Waals surface area contributed by atoms with Gasteiger partial charge in [-0.1, -0.05) is 25.1 Å². The zero-order valence-electron chi connectivity index (χ0n) is 12.3. The molecule has 3 heteroatoms. The second kappa shape index (κ2) is 7.00. The number of rotatable bonds is 5. The molecule has 1 heterocycles. The lowest BCUT2D eigenvalue weighted by Crippen LogP contribution is -2.24. The number of benzene rings is 1. The standard InChI is InChI=1S/C17H21BrN2/c1-4-20-17(9-14-8-15(18)11-19-10-14)16-7-5-6-12(2)13(16)3/h5-8,10-11,17,20H,4,9H2,1-3H3. The van der Waals surface area contributed by atoms with E-state index in [0.717, 1.165) is 17.4 Å². The Morgan fingerprint density at radius 2 is 2.05 bits per heavy atom. The summed E-state index contributed by atoms with van der Waals surface area (Å²) in [5.74, 6) is 0. The van der Waals surface area contributed by atoms with Crippen LogP contribution < -0.4 is 5.32 Å². The van der Waals surface area contributed by atoms with Gasteiger partial charge in [0.25, 0.3) is 0 Å². The summed E-state index contributed by atoms with van der Waals surface area (Å²) < 4.78 is 1.03. The van der Waals surface area contributed by atoms with Gasteiger partial charge < -0.3 is 5.32 Å². The van der Waals surface area contributed by atoms with E-state index in [-0.39, 0.29) is 0 Å². The van der Waals surface area contributed by atoms with Crippen molar-refractivity contribution in [1.82, 2.24) is 10.3 Å². The van der Waals surface area contributed by atoms with Crippen LogP contribution in [0.5, 0.6) is 0 Å². The average Bonchev–Trinajstić information content (AvgIpc) is 2.42. The second-order valence-electron chi connectivity index (χ2n) is 5.11. The van der Waals surface area contributed by atoms with E-state index in [1.54, 1.807) is 0 Å². The highest BCUT2D eigenvalue weighted by atomic mass is 79.9. The lowest BCUT2D eigenvalue weighted by atomic mass is 9.93. The second-order valence-corrected chi connectivity index (χ2v) is 6.03. The molecule has 0 fully saturated rings. The number of halogens is 1. The molecule has 1 aromatic carbocycles. The fourth-order valence-corrected chi connectivity index (χ4v) is 2.91. The van der Waals surface area contributed by atoms with Crippen molar-refractivity contribution < 1.29 is 0 Å². The Morgan fingerprint density at radius 3 is 2.75 bits per heavy atom. The molecule has 2 nitrogen and oxygen atoms in total. The van der Waals surface area contributed by atoms with Crippen molar-refractivity contribution >= 4 is 15.9 Å². The molecule has 20 heavy (non-hydrogen) atoms. The number of nitrogens with one attached hydrogen (secondary N) is 1. The number of aryl methyl sites for hydroxylation is 1. The molecule has 0 saturated carbocycles. The Hall–Kier alpha value is -1.19. The van der Waals surface area contributed by atoms with E-state index < -0.39 is 0 Å². The highest BCUT2D eigenvalue weighted by Gasteiger charge is 2.14. The Balaban J connectivity index is 2.29. The molecular weight excluding hydrogens is 312 g/mol. The normalized spacial score (nSPS) is 12.4. The Labute approximate surface area is 129 Å². The number of hydrogen-bond acceptors (Lipinski definition) is 2. The summed E-state index contributed by atoms with van der Waals surface area (Å²) >= 11 is 3.49. The third kappa shape index (κ3) is 3.68. The van der Waals surface area contributed by atoms with Crippen LogP contribution in [0.4, 0.5) is 0 Å². The van der Waals surface area contributed by atoms with Crippen molar-refractivity contribution in [1.29, 1.82) is 0 Å². The first-order valence-electron chi connectivity index (χ1n) is 7.00. The summed E-state index contributed by atoms with van der Waals surface area (Å²) in [6.07, 6.45) is 4.72. The van der Waals surface area contributed by atoms with Gasteiger partial charge in [0.05, 0.1) is 0 Å². The van der Waals surface area contributed by atoms with E-state index in [1.165, 1.54) is 22.3 Å². The first-order valence-corrected chi connectivity index (χ1v) is 7.80. The third-order valence-electron chi connectivity index (χ3n) is 3.67. The molecule has 0 bridgehead atoms. The summed E-state index contributed by atoms with van der Waals surface area (Å²) in [5.41, 5.74) is 5.34. The van der Waals surface area contributed by atoms with Crippen LogP contribution in [0.2, 0.25) is 0 Å². The summed E-state index contributed by atoms with van der Waals surface area (Å²) in [6.45, 7) is 7.48. The monoisotopic (exact) mass is 332 g/mol. The molecule has 1 N–H and O–H groups in total. The fraction of sp³-hybridized carbons (Fsp3) is 0.353. The fourth-order valence-electron chi connectivity index (χ4n) is 2.49. The molecule has 0 amide bonds. The quantitative estimate of drug-likeness (QED) is 0.880. The van der Waals surface area contributed by atoms with Gasteiger partial charge in [0.15, 0.2) is 0 Å². The first-order chi connectivity index (χ1) is 9.61. The minimum atomic E-state index is 0.330. The summed E-state index contributed by atoms with van der Waals surface area (Å²) in [7, 11) is 0. The van der Waals surface area contributed by atoms with E-state index in [4.69, 9.17) is 0 Å². The summed E-state index contributed by atoms with van der Waals surface area (Å²) in [5, 5.41) is 3.59. The van der Waals surface area contributed by atoms with Crippen molar-refractivity contribution in [2.45, 2.75) is 33.2 Å². The Kier molecular flexibility index (Phi) is 5.32. The maximum atomic E-state index is 4.26. The van der Waals surface area contributed by atoms with Crippen LogP contribution in [0, 0.1) is 13.8 Å². The molecule has 0 aliphatic rings. The zero-order valence-corrected chi connectivity index (χ0v) is 13.9. The van der Waals surface area contributed by atoms with Crippen molar-refractivity contribution in [3.63, 3.8) is 0 Å². The van der Waals surface area contributed by atoms with Crippen molar-refractivity contribution in [2.24, 2.45) is 0 Å². The van der Waals surface area contributed by atoms with Crippen LogP contribution in [0.25, 0.3) is 0 Å². The van der Waals surface area contributed by atoms with Crippen LogP contribution >= 0.6 is 15.9 Å². The van der Waals surface area contributed by atoms with Gasteiger partial charge in [-0.25, -0.2) is 0 Å². The van der Waals surface area contributed by atoms with Crippen LogP contribution in [0.15, 0.2) is 41.1 Å². The number of likely N-dealkylation sites (N-methyl/N-ethyl adjacent to an activating group) is 1. The van der Waals surface area contributed by atoms with Gasteiger partial charge in [-0.15, -0.1) is 0 Å². The minimum absolute atomic E-state index is 0.330. The van der Waals surface area contributed by atoms with Gasteiger partial charge in [-0.05, 0) is 71.1 Å². The molecule has 0 aliphatic heterocycles. The molecule has 1 aromatic heterocycles. The van der Waals surface area contributed by atoms with E-state index in [0.29, 0.717) is 6.04 Å². The van der Waals surface area contributed by atoms with Crippen molar-refractivity contribution in [3.05, 3.63) is 63.4 Å². The maximum Gasteiger partial charge on any atom is 0.0410 e. The number of pyridine rings is 1. The smallest absolute Gasteiger partial charge is 0.0410 e. The highest BCUT2D eigenvalue weighted by Crippen LogP contribution is 2.24. The third-order valence-corrected chi connectivity index (χ3v) is 4.11. The van der Waals surface area contributed by atoms with Crippen LogP contribution in [0.3, 0.4) is 0 Å². The van der Waals surface area contributed by atoms with E-state index in [9.17, 15) is 0 Å². The number of hydrogen-bond donors (Lipinski definition) is 1. The Bertz CT molecular complexity index is 581. The summed E-state index contributed by atoms with van der Waals surface area (Å²) in [6, 6.07) is 9.00. The van der Waals surface area contributed by atoms with Gasteiger partial charge in [0.1, 0.15) is 0 Å².